The van der Waals surface area contributed by atoms with Crippen LogP contribution in [0.3, 0.4) is 0 Å². The summed E-state index contributed by atoms with van der Waals surface area (Å²) in [7, 11) is 0. The van der Waals surface area contributed by atoms with Crippen LogP contribution in [0.4, 0.5) is 4.79 Å². The zero-order valence-electron chi connectivity index (χ0n) is 12.2. The molecule has 0 bridgehead atoms. The number of imide groups is 1. The summed E-state index contributed by atoms with van der Waals surface area (Å²) in [5.41, 5.74) is -0.708. The molecule has 3 amide bonds. The highest BCUT2D eigenvalue weighted by Crippen LogP contribution is 2.17. The molecule has 2 N–H and O–H groups in total. The number of urea groups is 1. The molecule has 0 saturated heterocycles. The first-order chi connectivity index (χ1) is 10.1. The number of ether oxygens (including phenoxy) is 1. The molecule has 0 unspecified atom stereocenters. The zero-order valence-corrected chi connectivity index (χ0v) is 13.7. The SMILES string of the molecule is CC(C)(C)NC(=O)NC(=O)COC(=O)c1nc(Cl)ccc1Cl. The van der Waals surface area contributed by atoms with E-state index in [-0.39, 0.29) is 15.9 Å². The maximum Gasteiger partial charge on any atom is 0.359 e. The zero-order chi connectivity index (χ0) is 16.9. The van der Waals surface area contributed by atoms with Crippen LogP contribution in [0, 0.1) is 0 Å². The Bertz CT molecular complexity index is 599. The largest absolute Gasteiger partial charge is 0.451 e. The summed E-state index contributed by atoms with van der Waals surface area (Å²) < 4.78 is 4.72. The molecule has 0 atom stereocenters. The van der Waals surface area contributed by atoms with Crippen LogP contribution in [0.25, 0.3) is 0 Å². The first kappa shape index (κ1) is 18.2. The van der Waals surface area contributed by atoms with E-state index in [0.717, 1.165) is 0 Å². The molecule has 0 radical (unpaired) electrons. The lowest BCUT2D eigenvalue weighted by Gasteiger charge is -2.20. The van der Waals surface area contributed by atoms with Crippen LogP contribution in [-0.4, -0.2) is 35.0 Å². The minimum atomic E-state index is -0.918. The van der Waals surface area contributed by atoms with Crippen LogP contribution in [0.1, 0.15) is 31.3 Å². The molecule has 9 heteroatoms. The molecular formula is C13H15Cl2N3O4. The van der Waals surface area contributed by atoms with Crippen molar-refractivity contribution in [1.82, 2.24) is 15.6 Å². The molecule has 0 aromatic carbocycles. The second kappa shape index (κ2) is 7.42. The topological polar surface area (TPSA) is 97.4 Å². The summed E-state index contributed by atoms with van der Waals surface area (Å²) in [4.78, 5) is 38.4. The van der Waals surface area contributed by atoms with Gasteiger partial charge in [-0.2, -0.15) is 0 Å². The predicted molar refractivity (Wildman–Crippen MR) is 81.0 cm³/mol. The van der Waals surface area contributed by atoms with Gasteiger partial charge in [0.1, 0.15) is 5.15 Å². The summed E-state index contributed by atoms with van der Waals surface area (Å²) in [6.07, 6.45) is 0. The van der Waals surface area contributed by atoms with Crippen molar-refractivity contribution in [3.63, 3.8) is 0 Å². The normalized spacial score (nSPS) is 10.8. The minimum Gasteiger partial charge on any atom is -0.451 e. The van der Waals surface area contributed by atoms with Gasteiger partial charge in [0, 0.05) is 5.54 Å². The molecule has 0 aliphatic carbocycles. The third-order valence-electron chi connectivity index (χ3n) is 2.08. The van der Waals surface area contributed by atoms with E-state index in [2.05, 4.69) is 10.3 Å². The Morgan fingerprint density at radius 3 is 2.45 bits per heavy atom. The van der Waals surface area contributed by atoms with Gasteiger partial charge in [-0.25, -0.2) is 14.6 Å². The van der Waals surface area contributed by atoms with Gasteiger partial charge in [-0.1, -0.05) is 23.2 Å². The van der Waals surface area contributed by atoms with Crippen LogP contribution >= 0.6 is 23.2 Å². The number of nitrogens with zero attached hydrogens (tertiary/aromatic N) is 1. The summed E-state index contributed by atoms with van der Waals surface area (Å²) in [5.74, 6) is -1.70. The molecule has 0 fully saturated rings. The molecule has 1 aromatic rings. The number of rotatable bonds is 3. The lowest BCUT2D eigenvalue weighted by molar-refractivity contribution is -0.123. The van der Waals surface area contributed by atoms with Crippen LogP contribution in [-0.2, 0) is 9.53 Å². The Labute approximate surface area is 137 Å². The maximum atomic E-state index is 11.7. The number of esters is 1. The fraction of sp³-hybridized carbons (Fsp3) is 0.385. The Kier molecular flexibility index (Phi) is 6.13. The molecule has 0 spiro atoms. The van der Waals surface area contributed by atoms with E-state index in [1.165, 1.54) is 12.1 Å². The number of carbonyl (C=O) groups is 3. The van der Waals surface area contributed by atoms with Crippen molar-refractivity contribution < 1.29 is 19.1 Å². The van der Waals surface area contributed by atoms with Gasteiger partial charge < -0.3 is 10.1 Å². The average molecular weight is 348 g/mol. The molecule has 1 aromatic heterocycles. The third-order valence-corrected chi connectivity index (χ3v) is 2.60. The fourth-order valence-electron chi connectivity index (χ4n) is 1.30. The van der Waals surface area contributed by atoms with Gasteiger partial charge >= 0.3 is 12.0 Å². The van der Waals surface area contributed by atoms with Gasteiger partial charge in [-0.05, 0) is 32.9 Å². The van der Waals surface area contributed by atoms with E-state index in [9.17, 15) is 14.4 Å². The monoisotopic (exact) mass is 347 g/mol. The highest BCUT2D eigenvalue weighted by atomic mass is 35.5. The quantitative estimate of drug-likeness (QED) is 0.645. The van der Waals surface area contributed by atoms with Crippen molar-refractivity contribution in [3.05, 3.63) is 28.0 Å². The maximum absolute atomic E-state index is 11.7. The van der Waals surface area contributed by atoms with E-state index in [1.807, 2.05) is 5.32 Å². The van der Waals surface area contributed by atoms with E-state index in [1.54, 1.807) is 20.8 Å². The second-order valence-electron chi connectivity index (χ2n) is 5.29. The van der Waals surface area contributed by atoms with Gasteiger partial charge in [-0.15, -0.1) is 0 Å². The second-order valence-corrected chi connectivity index (χ2v) is 6.09. The molecule has 0 saturated carbocycles. The Morgan fingerprint density at radius 2 is 1.86 bits per heavy atom. The lowest BCUT2D eigenvalue weighted by Crippen LogP contribution is -2.49. The Hall–Kier alpha value is -1.86. The summed E-state index contributed by atoms with van der Waals surface area (Å²) in [6.45, 7) is 4.61. The Morgan fingerprint density at radius 1 is 1.23 bits per heavy atom. The predicted octanol–water partition coefficient (Wildman–Crippen LogP) is 2.17. The molecule has 0 aliphatic heterocycles. The summed E-state index contributed by atoms with van der Waals surface area (Å²) >= 11 is 11.4. The van der Waals surface area contributed by atoms with Crippen molar-refractivity contribution in [1.29, 1.82) is 0 Å². The highest BCUT2D eigenvalue weighted by molar-refractivity contribution is 6.34. The smallest absolute Gasteiger partial charge is 0.359 e. The van der Waals surface area contributed by atoms with Gasteiger partial charge in [0.2, 0.25) is 0 Å². The van der Waals surface area contributed by atoms with Crippen LogP contribution in [0.5, 0.6) is 0 Å². The number of halogens is 2. The molecular weight excluding hydrogens is 333 g/mol. The van der Waals surface area contributed by atoms with E-state index in [0.29, 0.717) is 0 Å². The van der Waals surface area contributed by atoms with E-state index < -0.39 is 30.1 Å². The number of pyridine rings is 1. The van der Waals surface area contributed by atoms with Crippen molar-refractivity contribution in [2.75, 3.05) is 6.61 Å². The molecule has 7 nitrogen and oxygen atoms in total. The van der Waals surface area contributed by atoms with E-state index >= 15 is 0 Å². The first-order valence-electron chi connectivity index (χ1n) is 6.19. The van der Waals surface area contributed by atoms with Crippen molar-refractivity contribution in [3.8, 4) is 0 Å². The molecule has 120 valence electrons. The minimum absolute atomic E-state index is 0.0419. The summed E-state index contributed by atoms with van der Waals surface area (Å²) in [5, 5.41) is 4.65. The van der Waals surface area contributed by atoms with Crippen LogP contribution in [0.2, 0.25) is 10.2 Å². The van der Waals surface area contributed by atoms with Gasteiger partial charge in [-0.3, -0.25) is 10.1 Å². The number of nitrogens with one attached hydrogen (secondary N) is 2. The Balaban J connectivity index is 2.52. The number of hydrogen-bond donors (Lipinski definition) is 2. The first-order valence-corrected chi connectivity index (χ1v) is 6.95. The van der Waals surface area contributed by atoms with Gasteiger partial charge in [0.25, 0.3) is 5.91 Å². The standard InChI is InChI=1S/C13H15Cl2N3O4/c1-13(2,3)18-12(21)17-9(19)6-22-11(20)10-7(14)4-5-8(15)16-10/h4-5H,6H2,1-3H3,(H2,17,18,19,21). The van der Waals surface area contributed by atoms with Gasteiger partial charge in [0.05, 0.1) is 5.02 Å². The number of hydrogen-bond acceptors (Lipinski definition) is 5. The van der Waals surface area contributed by atoms with E-state index in [4.69, 9.17) is 27.9 Å². The highest BCUT2D eigenvalue weighted by Gasteiger charge is 2.19. The fourth-order valence-corrected chi connectivity index (χ4v) is 1.63. The third kappa shape index (κ3) is 6.28. The van der Waals surface area contributed by atoms with Crippen molar-refractivity contribution >= 4 is 41.1 Å². The van der Waals surface area contributed by atoms with Crippen LogP contribution in [0.15, 0.2) is 12.1 Å². The number of amides is 3. The van der Waals surface area contributed by atoms with Gasteiger partial charge in [0.15, 0.2) is 12.3 Å². The molecule has 1 rings (SSSR count). The number of carbonyl (C=O) groups excluding carboxylic acids is 3. The number of aromatic nitrogens is 1. The van der Waals surface area contributed by atoms with Crippen LogP contribution < -0.4 is 10.6 Å². The lowest BCUT2D eigenvalue weighted by atomic mass is 10.1. The van der Waals surface area contributed by atoms with Crippen molar-refractivity contribution in [2.45, 2.75) is 26.3 Å². The average Bonchev–Trinajstić information content (AvgIpc) is 2.36. The molecule has 1 heterocycles. The molecule has 22 heavy (non-hydrogen) atoms. The molecule has 0 aliphatic rings. The van der Waals surface area contributed by atoms with Crippen molar-refractivity contribution in [2.24, 2.45) is 0 Å². The summed E-state index contributed by atoms with van der Waals surface area (Å²) in [6, 6.07) is 2.10.